The minimum Gasteiger partial charge on any atom is -0.495 e. The van der Waals surface area contributed by atoms with Crippen molar-refractivity contribution in [2.24, 2.45) is 0 Å². The summed E-state index contributed by atoms with van der Waals surface area (Å²) in [4.78, 5) is 5.26. The molecule has 1 heterocycles. The molecule has 4 heteroatoms. The molecule has 0 aliphatic carbocycles. The van der Waals surface area contributed by atoms with Gasteiger partial charge in [-0.3, -0.25) is 4.98 Å². The van der Waals surface area contributed by atoms with Crippen LogP contribution in [0.15, 0.2) is 47.5 Å². The molecule has 0 fully saturated rings. The number of rotatable bonds is 4. The summed E-state index contributed by atoms with van der Waals surface area (Å²) in [5.41, 5.74) is 1.39. The summed E-state index contributed by atoms with van der Waals surface area (Å²) in [6, 6.07) is 11.3. The minimum absolute atomic E-state index is 0.543. The average molecular weight is 261 g/mol. The monoisotopic (exact) mass is 261 g/mol. The number of benzene rings is 1. The number of ether oxygens (including phenoxy) is 1. The fraction of sp³-hybridized carbons (Fsp3) is 0.214. The Morgan fingerprint density at radius 3 is 2.72 bits per heavy atom. The maximum Gasteiger partial charge on any atom is 0.143 e. The van der Waals surface area contributed by atoms with Gasteiger partial charge in [-0.25, -0.2) is 0 Å². The number of methoxy groups -OCH3 is 1. The van der Waals surface area contributed by atoms with Gasteiger partial charge in [-0.05, 0) is 24.5 Å². The molecule has 94 valence electrons. The van der Waals surface area contributed by atoms with Crippen molar-refractivity contribution < 1.29 is 9.84 Å². The van der Waals surface area contributed by atoms with Crippen LogP contribution in [0, 0.1) is 0 Å². The normalized spacial score (nSPS) is 12.2. The second kappa shape index (κ2) is 5.89. The van der Waals surface area contributed by atoms with E-state index in [1.807, 2.05) is 30.5 Å². The maximum atomic E-state index is 10.5. The molecule has 0 aliphatic rings. The van der Waals surface area contributed by atoms with Crippen LogP contribution >= 0.6 is 11.8 Å². The summed E-state index contributed by atoms with van der Waals surface area (Å²) in [6.07, 6.45) is 2.87. The predicted molar refractivity (Wildman–Crippen MR) is 73.1 cm³/mol. The lowest BCUT2D eigenvalue weighted by Gasteiger charge is -2.16. The van der Waals surface area contributed by atoms with E-state index in [0.717, 1.165) is 10.5 Å². The molecule has 3 nitrogen and oxygen atoms in total. The lowest BCUT2D eigenvalue weighted by atomic mass is 10.1. The number of nitrogens with zero attached hydrogens (tertiary/aromatic N) is 1. The summed E-state index contributed by atoms with van der Waals surface area (Å²) in [6.45, 7) is 0. The third kappa shape index (κ3) is 2.49. The fourth-order valence-corrected chi connectivity index (χ4v) is 2.45. The van der Waals surface area contributed by atoms with Gasteiger partial charge in [0.15, 0.2) is 0 Å². The molecule has 2 aromatic rings. The van der Waals surface area contributed by atoms with Crippen molar-refractivity contribution in [3.8, 4) is 5.75 Å². The lowest BCUT2D eigenvalue weighted by molar-refractivity contribution is 0.206. The highest BCUT2D eigenvalue weighted by Crippen LogP contribution is 2.32. The van der Waals surface area contributed by atoms with E-state index in [2.05, 4.69) is 4.98 Å². The first kappa shape index (κ1) is 12.9. The molecule has 1 aromatic heterocycles. The molecule has 0 saturated carbocycles. The summed E-state index contributed by atoms with van der Waals surface area (Å²) >= 11 is 1.60. The van der Waals surface area contributed by atoms with Gasteiger partial charge in [-0.15, -0.1) is 11.8 Å². The second-order valence-electron chi connectivity index (χ2n) is 3.74. The van der Waals surface area contributed by atoms with E-state index in [-0.39, 0.29) is 0 Å². The van der Waals surface area contributed by atoms with Gasteiger partial charge in [0.1, 0.15) is 17.5 Å². The zero-order valence-corrected chi connectivity index (χ0v) is 11.1. The Labute approximate surface area is 111 Å². The Morgan fingerprint density at radius 1 is 1.22 bits per heavy atom. The SMILES string of the molecule is COc1cccnc1C(O)c1ccccc1SC. The van der Waals surface area contributed by atoms with Crippen LogP contribution in [0.2, 0.25) is 0 Å². The molecule has 0 aliphatic heterocycles. The van der Waals surface area contributed by atoms with Crippen molar-refractivity contribution in [2.45, 2.75) is 11.0 Å². The summed E-state index contributed by atoms with van der Waals surface area (Å²) < 4.78 is 5.23. The number of thioether (sulfide) groups is 1. The molecule has 1 atom stereocenters. The van der Waals surface area contributed by atoms with E-state index in [1.54, 1.807) is 37.2 Å². The molecule has 0 spiro atoms. The standard InChI is InChI=1S/C14H15NO2S/c1-17-11-7-5-9-15-13(11)14(16)10-6-3-4-8-12(10)18-2/h3-9,14,16H,1-2H3. The van der Waals surface area contributed by atoms with Gasteiger partial charge in [-0.1, -0.05) is 18.2 Å². The molecule has 18 heavy (non-hydrogen) atoms. The molecule has 0 amide bonds. The van der Waals surface area contributed by atoms with Crippen LogP contribution in [0.5, 0.6) is 5.75 Å². The Bertz CT molecular complexity index is 483. The van der Waals surface area contributed by atoms with E-state index in [9.17, 15) is 5.11 Å². The second-order valence-corrected chi connectivity index (χ2v) is 4.58. The highest BCUT2D eigenvalue weighted by atomic mass is 32.2. The number of pyridine rings is 1. The van der Waals surface area contributed by atoms with Crippen molar-refractivity contribution in [3.63, 3.8) is 0 Å². The average Bonchev–Trinajstić information content (AvgIpc) is 2.46. The quantitative estimate of drug-likeness (QED) is 0.859. The largest absolute Gasteiger partial charge is 0.495 e. The van der Waals surface area contributed by atoms with Crippen LogP contribution in [0.1, 0.15) is 17.4 Å². The molecular weight excluding hydrogens is 246 g/mol. The van der Waals surface area contributed by atoms with Gasteiger partial charge in [0.2, 0.25) is 0 Å². The molecule has 2 rings (SSSR count). The van der Waals surface area contributed by atoms with E-state index in [1.165, 1.54) is 0 Å². The van der Waals surface area contributed by atoms with Crippen molar-refractivity contribution in [3.05, 3.63) is 53.9 Å². The van der Waals surface area contributed by atoms with Crippen molar-refractivity contribution in [1.82, 2.24) is 4.98 Å². The molecule has 0 radical (unpaired) electrons. The zero-order valence-electron chi connectivity index (χ0n) is 10.3. The molecule has 1 unspecified atom stereocenters. The third-order valence-corrected chi connectivity index (χ3v) is 3.52. The Hall–Kier alpha value is -1.52. The molecule has 0 bridgehead atoms. The van der Waals surface area contributed by atoms with Crippen LogP contribution in [-0.4, -0.2) is 23.5 Å². The third-order valence-electron chi connectivity index (χ3n) is 2.71. The van der Waals surface area contributed by atoms with Gasteiger partial charge >= 0.3 is 0 Å². The minimum atomic E-state index is -0.773. The molecular formula is C14H15NO2S. The van der Waals surface area contributed by atoms with Crippen LogP contribution in [0.3, 0.4) is 0 Å². The van der Waals surface area contributed by atoms with Crippen molar-refractivity contribution >= 4 is 11.8 Å². The maximum absolute atomic E-state index is 10.5. The first-order chi connectivity index (χ1) is 8.77. The first-order valence-electron chi connectivity index (χ1n) is 5.57. The zero-order chi connectivity index (χ0) is 13.0. The molecule has 0 saturated heterocycles. The predicted octanol–water partition coefficient (Wildman–Crippen LogP) is 2.89. The first-order valence-corrected chi connectivity index (χ1v) is 6.80. The van der Waals surface area contributed by atoms with E-state index in [4.69, 9.17) is 4.74 Å². The summed E-state index contributed by atoms with van der Waals surface area (Å²) in [7, 11) is 1.58. The number of hydrogen-bond acceptors (Lipinski definition) is 4. The van der Waals surface area contributed by atoms with Crippen molar-refractivity contribution in [2.75, 3.05) is 13.4 Å². The van der Waals surface area contributed by atoms with Gasteiger partial charge in [-0.2, -0.15) is 0 Å². The Balaban J connectivity index is 2.44. The fourth-order valence-electron chi connectivity index (χ4n) is 1.82. The smallest absolute Gasteiger partial charge is 0.143 e. The van der Waals surface area contributed by atoms with E-state index < -0.39 is 6.10 Å². The van der Waals surface area contributed by atoms with Crippen LogP contribution in [-0.2, 0) is 0 Å². The van der Waals surface area contributed by atoms with E-state index >= 15 is 0 Å². The van der Waals surface area contributed by atoms with Crippen LogP contribution < -0.4 is 4.74 Å². The number of hydrogen-bond donors (Lipinski definition) is 1. The van der Waals surface area contributed by atoms with Gasteiger partial charge in [0.05, 0.1) is 7.11 Å². The topological polar surface area (TPSA) is 42.4 Å². The highest BCUT2D eigenvalue weighted by molar-refractivity contribution is 7.98. The highest BCUT2D eigenvalue weighted by Gasteiger charge is 2.18. The van der Waals surface area contributed by atoms with Gasteiger partial charge in [0, 0.05) is 16.7 Å². The van der Waals surface area contributed by atoms with Crippen molar-refractivity contribution in [1.29, 1.82) is 0 Å². The summed E-state index contributed by atoms with van der Waals surface area (Å²) in [5, 5.41) is 10.5. The van der Waals surface area contributed by atoms with E-state index in [0.29, 0.717) is 11.4 Å². The number of aliphatic hydroxyl groups is 1. The molecule has 1 aromatic carbocycles. The van der Waals surface area contributed by atoms with Gasteiger partial charge in [0.25, 0.3) is 0 Å². The summed E-state index contributed by atoms with van der Waals surface area (Å²) in [5.74, 6) is 0.598. The van der Waals surface area contributed by atoms with Gasteiger partial charge < -0.3 is 9.84 Å². The lowest BCUT2D eigenvalue weighted by Crippen LogP contribution is -2.05. The number of aliphatic hydroxyl groups excluding tert-OH is 1. The Morgan fingerprint density at radius 2 is 2.00 bits per heavy atom. The van der Waals surface area contributed by atoms with Crippen LogP contribution in [0.4, 0.5) is 0 Å². The molecule has 1 N–H and O–H groups in total. The Kier molecular flexibility index (Phi) is 4.23. The van der Waals surface area contributed by atoms with Crippen LogP contribution in [0.25, 0.3) is 0 Å². The number of aromatic nitrogens is 1.